The lowest BCUT2D eigenvalue weighted by Crippen LogP contribution is -2.35. The summed E-state index contributed by atoms with van der Waals surface area (Å²) in [6.07, 6.45) is -0.404. The summed E-state index contributed by atoms with van der Waals surface area (Å²) in [5.74, 6) is 1.63. The molecule has 214 valence electrons. The second-order valence-corrected chi connectivity index (χ2v) is 11.5. The number of nitrogens with zero attached hydrogens (tertiary/aromatic N) is 2. The van der Waals surface area contributed by atoms with Gasteiger partial charge in [0.25, 0.3) is 0 Å². The second-order valence-electron chi connectivity index (χ2n) is 11.5. The average molecular weight is 578 g/mol. The van der Waals surface area contributed by atoms with Gasteiger partial charge in [0.15, 0.2) is 6.17 Å². The summed E-state index contributed by atoms with van der Waals surface area (Å²) in [7, 11) is 0. The molecular formula is C42H31N3. The van der Waals surface area contributed by atoms with Crippen LogP contribution in [0.3, 0.4) is 0 Å². The van der Waals surface area contributed by atoms with Crippen LogP contribution in [0.5, 0.6) is 0 Å². The molecule has 3 nitrogen and oxygen atoms in total. The maximum absolute atomic E-state index is 5.18. The fourth-order valence-corrected chi connectivity index (χ4v) is 6.44. The van der Waals surface area contributed by atoms with Gasteiger partial charge in [-0.1, -0.05) is 157 Å². The van der Waals surface area contributed by atoms with Crippen molar-refractivity contribution >= 4 is 33.2 Å². The van der Waals surface area contributed by atoms with Crippen LogP contribution in [0.2, 0.25) is 0 Å². The molecule has 0 radical (unpaired) electrons. The van der Waals surface area contributed by atoms with E-state index in [4.69, 9.17) is 9.98 Å². The monoisotopic (exact) mass is 577 g/mol. The number of aliphatic imine (C=N–C) groups is 2. The van der Waals surface area contributed by atoms with E-state index >= 15 is 0 Å². The van der Waals surface area contributed by atoms with E-state index in [1.54, 1.807) is 0 Å². The second kappa shape index (κ2) is 11.4. The number of benzene rings is 7. The van der Waals surface area contributed by atoms with Crippen molar-refractivity contribution < 1.29 is 0 Å². The molecule has 0 saturated heterocycles. The highest BCUT2D eigenvalue weighted by Crippen LogP contribution is 2.45. The van der Waals surface area contributed by atoms with Crippen molar-refractivity contribution in [3.8, 4) is 22.3 Å². The van der Waals surface area contributed by atoms with Gasteiger partial charge in [-0.3, -0.25) is 0 Å². The highest BCUT2D eigenvalue weighted by molar-refractivity contribution is 6.22. The Bertz CT molecular complexity index is 2160. The largest absolute Gasteiger partial charge is 0.324 e. The van der Waals surface area contributed by atoms with Crippen LogP contribution in [0.1, 0.15) is 28.4 Å². The zero-order valence-corrected chi connectivity index (χ0v) is 25.0. The van der Waals surface area contributed by atoms with E-state index in [0.717, 1.165) is 28.4 Å². The molecule has 7 aromatic rings. The average Bonchev–Trinajstić information content (AvgIpc) is 3.11. The first kappa shape index (κ1) is 26.8. The number of fused-ring (bicyclic) bond motifs is 2. The van der Waals surface area contributed by atoms with E-state index in [9.17, 15) is 0 Å². The zero-order chi connectivity index (χ0) is 30.2. The third-order valence-corrected chi connectivity index (χ3v) is 8.55. The van der Waals surface area contributed by atoms with Crippen molar-refractivity contribution in [3.05, 3.63) is 180 Å². The van der Waals surface area contributed by atoms with Crippen LogP contribution in [0.4, 0.5) is 0 Å². The van der Waals surface area contributed by atoms with Crippen molar-refractivity contribution in [1.82, 2.24) is 5.32 Å². The van der Waals surface area contributed by atoms with Gasteiger partial charge in [0.2, 0.25) is 0 Å². The lowest BCUT2D eigenvalue weighted by molar-refractivity contribution is 0.757. The summed E-state index contributed by atoms with van der Waals surface area (Å²) in [5.41, 5.74) is 9.25. The van der Waals surface area contributed by atoms with Crippen LogP contribution in [0.15, 0.2) is 168 Å². The number of aryl methyl sites for hydroxylation is 1. The van der Waals surface area contributed by atoms with Gasteiger partial charge in [-0.2, -0.15) is 0 Å². The first-order chi connectivity index (χ1) is 22.2. The van der Waals surface area contributed by atoms with Gasteiger partial charge in [0, 0.05) is 11.1 Å². The van der Waals surface area contributed by atoms with Crippen molar-refractivity contribution in [2.45, 2.75) is 13.1 Å². The Labute approximate surface area is 263 Å². The SMILES string of the molecule is Cc1ccc2c(-c3ccccc3)c3cc(C4N=C(c5ccccc5)NC(c5ccccc5)=N4)ccc3c(-c3ccccc3)c2c1. The van der Waals surface area contributed by atoms with E-state index in [1.165, 1.54) is 49.4 Å². The van der Waals surface area contributed by atoms with Crippen LogP contribution in [-0.4, -0.2) is 11.7 Å². The van der Waals surface area contributed by atoms with Gasteiger partial charge in [0.05, 0.1) is 0 Å². The van der Waals surface area contributed by atoms with Gasteiger partial charge in [-0.05, 0) is 62.4 Å². The van der Waals surface area contributed by atoms with Crippen LogP contribution in [0, 0.1) is 6.92 Å². The number of nitrogens with one attached hydrogen (secondary N) is 1. The zero-order valence-electron chi connectivity index (χ0n) is 25.0. The molecule has 1 aliphatic rings. The maximum atomic E-state index is 5.18. The maximum Gasteiger partial charge on any atom is 0.169 e. The first-order valence-electron chi connectivity index (χ1n) is 15.4. The summed E-state index contributed by atoms with van der Waals surface area (Å²) in [6.45, 7) is 2.17. The van der Waals surface area contributed by atoms with Crippen molar-refractivity contribution in [3.63, 3.8) is 0 Å². The lowest BCUT2D eigenvalue weighted by atomic mass is 9.84. The molecular weight excluding hydrogens is 546 g/mol. The third kappa shape index (κ3) is 4.99. The number of hydrogen-bond donors (Lipinski definition) is 1. The van der Waals surface area contributed by atoms with Crippen LogP contribution in [-0.2, 0) is 0 Å². The minimum absolute atomic E-state index is 0.404. The molecule has 0 atom stereocenters. The number of amidine groups is 2. The van der Waals surface area contributed by atoms with Gasteiger partial charge in [-0.25, -0.2) is 9.98 Å². The molecule has 3 heteroatoms. The van der Waals surface area contributed by atoms with Gasteiger partial charge >= 0.3 is 0 Å². The molecule has 1 N–H and O–H groups in total. The quantitative estimate of drug-likeness (QED) is 0.203. The summed E-state index contributed by atoms with van der Waals surface area (Å²) < 4.78 is 0. The van der Waals surface area contributed by atoms with Crippen LogP contribution >= 0.6 is 0 Å². The van der Waals surface area contributed by atoms with Crippen molar-refractivity contribution in [1.29, 1.82) is 0 Å². The van der Waals surface area contributed by atoms with Crippen molar-refractivity contribution in [2.75, 3.05) is 0 Å². The van der Waals surface area contributed by atoms with E-state index in [-0.39, 0.29) is 0 Å². The van der Waals surface area contributed by atoms with E-state index in [0.29, 0.717) is 0 Å². The third-order valence-electron chi connectivity index (χ3n) is 8.55. The predicted octanol–water partition coefficient (Wildman–Crippen LogP) is 10.1. The Kier molecular flexibility index (Phi) is 6.77. The van der Waals surface area contributed by atoms with E-state index in [2.05, 4.69) is 134 Å². The van der Waals surface area contributed by atoms with E-state index < -0.39 is 6.17 Å². The Balaban J connectivity index is 1.41. The minimum Gasteiger partial charge on any atom is -0.324 e. The lowest BCUT2D eigenvalue weighted by Gasteiger charge is -2.23. The van der Waals surface area contributed by atoms with Crippen LogP contribution in [0.25, 0.3) is 43.8 Å². The summed E-state index contributed by atoms with van der Waals surface area (Å²) in [5, 5.41) is 8.43. The molecule has 0 aromatic heterocycles. The molecule has 0 aliphatic carbocycles. The molecule has 1 heterocycles. The normalized spacial score (nSPS) is 13.4. The molecule has 8 rings (SSSR count). The Hall–Kier alpha value is -5.80. The fraction of sp³-hybridized carbons (Fsp3) is 0.0476. The van der Waals surface area contributed by atoms with E-state index in [1.807, 2.05) is 36.4 Å². The molecule has 0 saturated carbocycles. The topological polar surface area (TPSA) is 36.8 Å². The molecule has 7 aromatic carbocycles. The predicted molar refractivity (Wildman–Crippen MR) is 189 cm³/mol. The van der Waals surface area contributed by atoms with Crippen molar-refractivity contribution in [2.24, 2.45) is 9.98 Å². The molecule has 0 unspecified atom stereocenters. The van der Waals surface area contributed by atoms with Crippen LogP contribution < -0.4 is 5.32 Å². The summed E-state index contributed by atoms with van der Waals surface area (Å²) in [6, 6.07) is 55.7. The number of rotatable bonds is 5. The Morgan fingerprint density at radius 3 is 1.33 bits per heavy atom. The summed E-state index contributed by atoms with van der Waals surface area (Å²) in [4.78, 5) is 10.4. The molecule has 0 amide bonds. The fourth-order valence-electron chi connectivity index (χ4n) is 6.44. The highest BCUT2D eigenvalue weighted by Gasteiger charge is 2.23. The molecule has 0 spiro atoms. The van der Waals surface area contributed by atoms with Gasteiger partial charge < -0.3 is 5.32 Å². The summed E-state index contributed by atoms with van der Waals surface area (Å²) >= 11 is 0. The van der Waals surface area contributed by atoms with Gasteiger partial charge in [-0.15, -0.1) is 0 Å². The molecule has 1 aliphatic heterocycles. The number of hydrogen-bond acceptors (Lipinski definition) is 3. The molecule has 45 heavy (non-hydrogen) atoms. The molecule has 0 fully saturated rings. The smallest absolute Gasteiger partial charge is 0.169 e. The standard InChI is InChI=1S/C42H31N3/c1-28-22-24-34-36(26-28)38(29-14-6-2-7-15-29)35-25-23-33(27-37(35)39(34)30-16-8-3-9-17-30)42-44-40(31-18-10-4-11-19-31)43-41(45-42)32-20-12-5-13-21-32/h2-27,42H,1H3,(H,43,44,45). The first-order valence-corrected chi connectivity index (χ1v) is 15.4. The Morgan fingerprint density at radius 1 is 0.422 bits per heavy atom. The molecule has 0 bridgehead atoms. The highest BCUT2D eigenvalue weighted by atomic mass is 15.2. The Morgan fingerprint density at radius 2 is 0.844 bits per heavy atom. The van der Waals surface area contributed by atoms with Gasteiger partial charge in [0.1, 0.15) is 11.7 Å². The minimum atomic E-state index is -0.404.